The number of hydrogen-bond donors (Lipinski definition) is 1. The molecule has 3 aromatic rings. The second-order valence-corrected chi connectivity index (χ2v) is 8.64. The number of carbonyl (C=O) groups is 1. The summed E-state index contributed by atoms with van der Waals surface area (Å²) in [4.78, 5) is 14.8. The largest absolute Gasteiger partial charge is 0.378 e. The number of carbonyl (C=O) groups excluding carboxylic acids is 1. The number of halogens is 1. The second-order valence-electron chi connectivity index (χ2n) is 7.25. The van der Waals surface area contributed by atoms with Crippen LogP contribution in [-0.2, 0) is 9.53 Å². The van der Waals surface area contributed by atoms with Crippen LogP contribution in [0, 0.1) is 25.2 Å². The van der Waals surface area contributed by atoms with Gasteiger partial charge < -0.3 is 14.2 Å². The topological polar surface area (TPSA) is 96.1 Å². The Hall–Kier alpha value is -3.19. The molecule has 0 bridgehead atoms. The highest BCUT2D eigenvalue weighted by molar-refractivity contribution is 7.19. The average molecular weight is 469 g/mol. The third-order valence-electron chi connectivity index (χ3n) is 5.14. The highest BCUT2D eigenvalue weighted by Crippen LogP contribution is 2.26. The summed E-state index contributed by atoms with van der Waals surface area (Å²) in [6, 6.07) is 11.4. The predicted octanol–water partition coefficient (Wildman–Crippen LogP) is 3.98. The lowest BCUT2D eigenvalue weighted by atomic mass is 10.1. The first-order chi connectivity index (χ1) is 15.5. The lowest BCUT2D eigenvalue weighted by molar-refractivity contribution is -0.112. The number of anilines is 2. The minimum absolute atomic E-state index is 0.00974. The fourth-order valence-corrected chi connectivity index (χ4v) is 4.46. The first-order valence-corrected chi connectivity index (χ1v) is 11.2. The van der Waals surface area contributed by atoms with Crippen molar-refractivity contribution in [2.75, 3.05) is 36.5 Å². The van der Waals surface area contributed by atoms with Crippen molar-refractivity contribution >= 4 is 45.2 Å². The minimum atomic E-state index is -0.520. The number of rotatable bonds is 5. The molecule has 0 spiro atoms. The first kappa shape index (κ1) is 22.0. The van der Waals surface area contributed by atoms with Gasteiger partial charge in [0.2, 0.25) is 10.3 Å². The molecule has 2 aromatic heterocycles. The summed E-state index contributed by atoms with van der Waals surface area (Å²) >= 11 is 7.28. The Morgan fingerprint density at radius 2 is 1.97 bits per heavy atom. The molecule has 8 nitrogen and oxygen atoms in total. The zero-order valence-corrected chi connectivity index (χ0v) is 19.2. The molecule has 1 aliphatic rings. The summed E-state index contributed by atoms with van der Waals surface area (Å²) in [5.41, 5.74) is 3.63. The van der Waals surface area contributed by atoms with Crippen molar-refractivity contribution in [1.82, 2.24) is 14.8 Å². The molecule has 0 atom stereocenters. The number of nitrogens with zero attached hydrogens (tertiary/aromatic N) is 5. The molecule has 0 aliphatic carbocycles. The van der Waals surface area contributed by atoms with Crippen LogP contribution in [0.5, 0.6) is 0 Å². The number of benzene rings is 1. The van der Waals surface area contributed by atoms with E-state index in [4.69, 9.17) is 16.3 Å². The van der Waals surface area contributed by atoms with Crippen LogP contribution in [0.3, 0.4) is 0 Å². The number of ether oxygens (including phenoxy) is 1. The summed E-state index contributed by atoms with van der Waals surface area (Å²) in [6.45, 7) is 6.65. The molecule has 4 rings (SSSR count). The van der Waals surface area contributed by atoms with E-state index in [1.807, 2.05) is 50.2 Å². The van der Waals surface area contributed by atoms with Gasteiger partial charge in [0.25, 0.3) is 5.91 Å². The average Bonchev–Trinajstić information content (AvgIpc) is 3.37. The number of aryl methyl sites for hydroxylation is 1. The van der Waals surface area contributed by atoms with Crippen LogP contribution in [-0.4, -0.2) is 47.0 Å². The number of amides is 1. The van der Waals surface area contributed by atoms with E-state index in [1.165, 1.54) is 11.3 Å². The minimum Gasteiger partial charge on any atom is -0.378 e. The van der Waals surface area contributed by atoms with Gasteiger partial charge in [-0.2, -0.15) is 5.26 Å². The molecule has 0 radical (unpaired) electrons. The van der Waals surface area contributed by atoms with E-state index in [0.29, 0.717) is 23.4 Å². The van der Waals surface area contributed by atoms with Gasteiger partial charge in [-0.3, -0.25) is 10.1 Å². The number of nitrogens with one attached hydrogen (secondary N) is 1. The van der Waals surface area contributed by atoms with Gasteiger partial charge in [0.1, 0.15) is 11.6 Å². The van der Waals surface area contributed by atoms with Gasteiger partial charge in [0.15, 0.2) is 0 Å². The Kier molecular flexibility index (Phi) is 6.55. The van der Waals surface area contributed by atoms with Gasteiger partial charge in [-0.15, -0.1) is 10.2 Å². The molecular weight excluding hydrogens is 448 g/mol. The zero-order chi connectivity index (χ0) is 22.7. The van der Waals surface area contributed by atoms with E-state index in [-0.39, 0.29) is 5.57 Å². The predicted molar refractivity (Wildman–Crippen MR) is 125 cm³/mol. The van der Waals surface area contributed by atoms with Crippen molar-refractivity contribution in [3.05, 3.63) is 57.9 Å². The molecule has 1 aliphatic heterocycles. The van der Waals surface area contributed by atoms with Crippen LogP contribution in [0.4, 0.5) is 10.3 Å². The smallest absolute Gasteiger partial charge is 0.268 e. The fraction of sp³-hybridized carbons (Fsp3) is 0.273. The highest BCUT2D eigenvalue weighted by atomic mass is 35.5. The quantitative estimate of drug-likeness (QED) is 0.449. The lowest BCUT2D eigenvalue weighted by Crippen LogP contribution is -2.36. The molecule has 0 unspecified atom stereocenters. The van der Waals surface area contributed by atoms with E-state index in [2.05, 4.69) is 25.0 Å². The summed E-state index contributed by atoms with van der Waals surface area (Å²) in [7, 11) is 0. The van der Waals surface area contributed by atoms with Crippen LogP contribution in [0.2, 0.25) is 5.02 Å². The molecule has 0 saturated carbocycles. The number of aromatic nitrogens is 3. The molecule has 10 heteroatoms. The van der Waals surface area contributed by atoms with E-state index in [0.717, 1.165) is 40.9 Å². The molecular formula is C22H21ClN6O2S. The molecule has 1 saturated heterocycles. The van der Waals surface area contributed by atoms with Gasteiger partial charge in [-0.1, -0.05) is 22.9 Å². The maximum absolute atomic E-state index is 12.7. The third-order valence-corrected chi connectivity index (χ3v) is 6.29. The normalized spacial score (nSPS) is 14.3. The molecule has 164 valence electrons. The van der Waals surface area contributed by atoms with Crippen LogP contribution in [0.25, 0.3) is 11.8 Å². The van der Waals surface area contributed by atoms with Gasteiger partial charge in [0, 0.05) is 35.2 Å². The van der Waals surface area contributed by atoms with E-state index in [1.54, 1.807) is 6.08 Å². The maximum atomic E-state index is 12.7. The second kappa shape index (κ2) is 9.53. The Bertz CT molecular complexity index is 1200. The first-order valence-electron chi connectivity index (χ1n) is 10.0. The molecule has 1 fully saturated rings. The molecule has 1 amide bonds. The SMILES string of the molecule is Cc1cc(/C=C(/C#N)C(=O)Nc2nnc(N3CCOCC3)s2)c(C)n1-c1ccc(Cl)cc1. The van der Waals surface area contributed by atoms with E-state index in [9.17, 15) is 10.1 Å². The van der Waals surface area contributed by atoms with Gasteiger partial charge >= 0.3 is 0 Å². The summed E-state index contributed by atoms with van der Waals surface area (Å²) in [6.07, 6.45) is 1.59. The zero-order valence-electron chi connectivity index (χ0n) is 17.6. The lowest BCUT2D eigenvalue weighted by Gasteiger charge is -2.25. The summed E-state index contributed by atoms with van der Waals surface area (Å²) < 4.78 is 7.39. The van der Waals surface area contributed by atoms with Crippen molar-refractivity contribution in [3.63, 3.8) is 0 Å². The monoisotopic (exact) mass is 468 g/mol. The van der Waals surface area contributed by atoms with Crippen molar-refractivity contribution in [2.24, 2.45) is 0 Å². The van der Waals surface area contributed by atoms with Crippen LogP contribution in [0.15, 0.2) is 35.9 Å². The van der Waals surface area contributed by atoms with Crippen LogP contribution >= 0.6 is 22.9 Å². The fourth-order valence-electron chi connectivity index (χ4n) is 3.54. The molecule has 32 heavy (non-hydrogen) atoms. The van der Waals surface area contributed by atoms with E-state index < -0.39 is 5.91 Å². The van der Waals surface area contributed by atoms with Crippen LogP contribution in [0.1, 0.15) is 17.0 Å². The number of morpholine rings is 1. The Morgan fingerprint density at radius 1 is 1.25 bits per heavy atom. The van der Waals surface area contributed by atoms with Crippen molar-refractivity contribution in [2.45, 2.75) is 13.8 Å². The molecule has 1 aromatic carbocycles. The van der Waals surface area contributed by atoms with Gasteiger partial charge in [-0.05, 0) is 55.8 Å². The Morgan fingerprint density at radius 3 is 2.66 bits per heavy atom. The van der Waals surface area contributed by atoms with Crippen molar-refractivity contribution in [3.8, 4) is 11.8 Å². The Labute approximate surface area is 194 Å². The van der Waals surface area contributed by atoms with Gasteiger partial charge in [-0.25, -0.2) is 0 Å². The summed E-state index contributed by atoms with van der Waals surface area (Å²) in [5, 5.41) is 22.2. The summed E-state index contributed by atoms with van der Waals surface area (Å²) in [5.74, 6) is -0.520. The maximum Gasteiger partial charge on any atom is 0.268 e. The highest BCUT2D eigenvalue weighted by Gasteiger charge is 2.19. The van der Waals surface area contributed by atoms with Gasteiger partial charge in [0.05, 0.1) is 13.2 Å². The third kappa shape index (κ3) is 4.67. The van der Waals surface area contributed by atoms with Crippen molar-refractivity contribution in [1.29, 1.82) is 5.26 Å². The standard InChI is InChI=1S/C22H21ClN6O2S/c1-14-11-16(15(2)29(14)19-5-3-18(23)4-6-19)12-17(13-24)20(30)25-21-26-27-22(32-21)28-7-9-31-10-8-28/h3-6,11-12H,7-10H2,1-2H3,(H,25,26,30)/b17-12-. The number of hydrogen-bond acceptors (Lipinski definition) is 7. The van der Waals surface area contributed by atoms with Crippen LogP contribution < -0.4 is 10.2 Å². The molecule has 3 heterocycles. The number of nitriles is 1. The Balaban J connectivity index is 1.54. The molecule has 1 N–H and O–H groups in total. The van der Waals surface area contributed by atoms with Crippen molar-refractivity contribution < 1.29 is 9.53 Å². The van der Waals surface area contributed by atoms with E-state index >= 15 is 0 Å².